The smallest absolute Gasteiger partial charge is 0.260 e. The molecule has 1 amide bonds. The van der Waals surface area contributed by atoms with Crippen molar-refractivity contribution >= 4 is 37.3 Å². The first-order valence-corrected chi connectivity index (χ1v) is 13.0. The minimum Gasteiger partial charge on any atom is -0.457 e. The van der Waals surface area contributed by atoms with Crippen LogP contribution in [0.5, 0.6) is 11.5 Å². The van der Waals surface area contributed by atoms with Crippen LogP contribution >= 0.6 is 11.3 Å². The Labute approximate surface area is 195 Å². The van der Waals surface area contributed by atoms with Gasteiger partial charge in [-0.1, -0.05) is 53.8 Å². The molecule has 8 heteroatoms. The van der Waals surface area contributed by atoms with Crippen molar-refractivity contribution in [2.24, 2.45) is 4.99 Å². The summed E-state index contributed by atoms with van der Waals surface area (Å²) in [6.07, 6.45) is 2.90. The van der Waals surface area contributed by atoms with Gasteiger partial charge in [0.05, 0.1) is 21.0 Å². The first-order valence-electron chi connectivity index (χ1n) is 10.3. The maximum absolute atomic E-state index is 13.6. The molecular formula is C25H20N2O4S2. The fourth-order valence-corrected chi connectivity index (χ4v) is 5.82. The predicted molar refractivity (Wildman–Crippen MR) is 128 cm³/mol. The number of thiazole rings is 1. The van der Waals surface area contributed by atoms with Gasteiger partial charge < -0.3 is 9.30 Å². The highest BCUT2D eigenvalue weighted by atomic mass is 32.2. The molecule has 0 saturated carbocycles. The lowest BCUT2D eigenvalue weighted by Gasteiger charge is -2.25. The zero-order valence-electron chi connectivity index (χ0n) is 17.8. The van der Waals surface area contributed by atoms with E-state index in [1.165, 1.54) is 17.6 Å². The first kappa shape index (κ1) is 21.4. The summed E-state index contributed by atoms with van der Waals surface area (Å²) in [6.45, 7) is 4.25. The van der Waals surface area contributed by atoms with Gasteiger partial charge in [-0.3, -0.25) is 4.79 Å². The van der Waals surface area contributed by atoms with Crippen LogP contribution in [-0.4, -0.2) is 25.1 Å². The number of ether oxygens (including phenoxy) is 1. The molecule has 4 aromatic rings. The van der Waals surface area contributed by atoms with Crippen molar-refractivity contribution in [3.05, 3.63) is 95.3 Å². The molecule has 6 nitrogen and oxygen atoms in total. The summed E-state index contributed by atoms with van der Waals surface area (Å²) in [5, 5.41) is 0. The number of para-hydroxylation sites is 2. The van der Waals surface area contributed by atoms with Crippen LogP contribution in [0.25, 0.3) is 10.2 Å². The largest absolute Gasteiger partial charge is 0.457 e. The van der Waals surface area contributed by atoms with E-state index in [0.717, 1.165) is 21.3 Å². The van der Waals surface area contributed by atoms with Gasteiger partial charge in [-0.05, 0) is 30.3 Å². The van der Waals surface area contributed by atoms with Gasteiger partial charge in [-0.2, -0.15) is 4.99 Å². The highest BCUT2D eigenvalue weighted by molar-refractivity contribution is 7.90. The van der Waals surface area contributed by atoms with Crippen molar-refractivity contribution < 1.29 is 17.9 Å². The Bertz CT molecular complexity index is 1550. The van der Waals surface area contributed by atoms with Crippen molar-refractivity contribution in [3.8, 4) is 11.5 Å². The number of hydrogen-bond donors (Lipinski definition) is 0. The van der Waals surface area contributed by atoms with E-state index in [4.69, 9.17) is 4.74 Å². The van der Waals surface area contributed by atoms with Crippen LogP contribution in [0.15, 0.2) is 89.3 Å². The zero-order valence-corrected chi connectivity index (χ0v) is 19.4. The number of rotatable bonds is 4. The van der Waals surface area contributed by atoms with Crippen LogP contribution in [0.4, 0.5) is 0 Å². The van der Waals surface area contributed by atoms with Gasteiger partial charge in [0.2, 0.25) is 0 Å². The van der Waals surface area contributed by atoms with Crippen molar-refractivity contribution in [2.75, 3.05) is 6.26 Å². The molecule has 0 unspecified atom stereocenters. The van der Waals surface area contributed by atoms with Crippen LogP contribution in [0, 0.1) is 0 Å². The Balaban J connectivity index is 1.69. The Kier molecular flexibility index (Phi) is 5.26. The molecule has 2 heterocycles. The van der Waals surface area contributed by atoms with Crippen molar-refractivity contribution in [2.45, 2.75) is 17.4 Å². The molecule has 1 aliphatic heterocycles. The fraction of sp³-hybridized carbons (Fsp3) is 0.120. The molecule has 0 bridgehead atoms. The van der Waals surface area contributed by atoms with Gasteiger partial charge in [0.25, 0.3) is 5.91 Å². The maximum atomic E-state index is 13.6. The molecule has 0 radical (unpaired) electrons. The van der Waals surface area contributed by atoms with Gasteiger partial charge in [-0.15, -0.1) is 6.58 Å². The van der Waals surface area contributed by atoms with E-state index in [1.807, 2.05) is 53.1 Å². The van der Waals surface area contributed by atoms with Crippen LogP contribution in [0.1, 0.15) is 17.0 Å². The van der Waals surface area contributed by atoms with Gasteiger partial charge >= 0.3 is 0 Å². The molecule has 5 rings (SSSR count). The fourth-order valence-electron chi connectivity index (χ4n) is 4.01. The summed E-state index contributed by atoms with van der Waals surface area (Å²) in [5.74, 6) is 0.363. The second-order valence-corrected chi connectivity index (χ2v) is 10.8. The topological polar surface area (TPSA) is 77.7 Å². The first-order chi connectivity index (χ1) is 15.9. The van der Waals surface area contributed by atoms with Gasteiger partial charge in [0.1, 0.15) is 11.5 Å². The molecule has 166 valence electrons. The lowest BCUT2D eigenvalue weighted by molar-refractivity contribution is -0.118. The second-order valence-electron chi connectivity index (χ2n) is 7.75. The molecule has 0 fully saturated rings. The molecule has 0 atom stereocenters. The normalized spacial score (nSPS) is 13.9. The Morgan fingerprint density at radius 3 is 2.33 bits per heavy atom. The third-order valence-electron chi connectivity index (χ3n) is 5.53. The predicted octanol–water partition coefficient (Wildman–Crippen LogP) is 4.66. The number of carbonyl (C=O) groups is 1. The Morgan fingerprint density at radius 1 is 1.09 bits per heavy atom. The molecule has 0 spiro atoms. The molecular weight excluding hydrogens is 456 g/mol. The minimum absolute atomic E-state index is 0.229. The molecule has 0 saturated heterocycles. The summed E-state index contributed by atoms with van der Waals surface area (Å²) in [5.41, 5.74) is 2.33. The van der Waals surface area contributed by atoms with Crippen LogP contribution in [0.2, 0.25) is 0 Å². The monoisotopic (exact) mass is 476 g/mol. The van der Waals surface area contributed by atoms with Gasteiger partial charge in [-0.25, -0.2) is 8.42 Å². The summed E-state index contributed by atoms with van der Waals surface area (Å²) < 4.78 is 32.6. The van der Waals surface area contributed by atoms with E-state index >= 15 is 0 Å². The van der Waals surface area contributed by atoms with E-state index < -0.39 is 15.8 Å². The highest BCUT2D eigenvalue weighted by Gasteiger charge is 2.32. The Hall–Kier alpha value is -3.49. The highest BCUT2D eigenvalue weighted by Crippen LogP contribution is 2.44. The molecule has 0 aliphatic carbocycles. The summed E-state index contributed by atoms with van der Waals surface area (Å²) >= 11 is 1.28. The number of nitrogens with zero attached hydrogens (tertiary/aromatic N) is 2. The SMILES string of the molecule is C=CCn1c(=NC(=O)C2c3ccccc3Oc3ccccc32)sc2cc(S(C)(=O)=O)ccc21. The number of aromatic nitrogens is 1. The summed E-state index contributed by atoms with van der Waals surface area (Å²) in [4.78, 5) is 18.8. The zero-order chi connectivity index (χ0) is 23.2. The second kappa shape index (κ2) is 8.13. The summed E-state index contributed by atoms with van der Waals surface area (Å²) in [7, 11) is -3.35. The number of fused-ring (bicyclic) bond motifs is 3. The Morgan fingerprint density at radius 2 is 1.73 bits per heavy atom. The number of hydrogen-bond acceptors (Lipinski definition) is 5. The molecule has 1 aromatic heterocycles. The van der Waals surface area contributed by atoms with E-state index in [-0.39, 0.29) is 10.8 Å². The van der Waals surface area contributed by atoms with Crippen molar-refractivity contribution in [3.63, 3.8) is 0 Å². The third kappa shape index (κ3) is 3.81. The van der Waals surface area contributed by atoms with Crippen LogP contribution < -0.4 is 9.54 Å². The van der Waals surface area contributed by atoms with E-state index in [9.17, 15) is 13.2 Å². The van der Waals surface area contributed by atoms with E-state index in [1.54, 1.807) is 24.3 Å². The number of amides is 1. The lowest BCUT2D eigenvalue weighted by atomic mass is 9.87. The molecule has 0 N–H and O–H groups in total. The third-order valence-corrected chi connectivity index (χ3v) is 7.68. The van der Waals surface area contributed by atoms with E-state index in [0.29, 0.717) is 22.8 Å². The van der Waals surface area contributed by atoms with Crippen LogP contribution in [-0.2, 0) is 21.2 Å². The van der Waals surface area contributed by atoms with Crippen LogP contribution in [0.3, 0.4) is 0 Å². The quantitative estimate of drug-likeness (QED) is 0.402. The number of allylic oxidation sites excluding steroid dienone is 1. The lowest BCUT2D eigenvalue weighted by Crippen LogP contribution is -2.22. The molecule has 3 aromatic carbocycles. The summed E-state index contributed by atoms with van der Waals surface area (Å²) in [6, 6.07) is 19.9. The van der Waals surface area contributed by atoms with Crippen molar-refractivity contribution in [1.82, 2.24) is 4.57 Å². The average Bonchev–Trinajstić information content (AvgIpc) is 3.13. The number of sulfone groups is 1. The van der Waals surface area contributed by atoms with Crippen molar-refractivity contribution in [1.29, 1.82) is 0 Å². The average molecular weight is 477 g/mol. The number of carbonyl (C=O) groups excluding carboxylic acids is 1. The maximum Gasteiger partial charge on any atom is 0.260 e. The molecule has 1 aliphatic rings. The van der Waals surface area contributed by atoms with E-state index in [2.05, 4.69) is 11.6 Å². The minimum atomic E-state index is -3.35. The molecule has 33 heavy (non-hydrogen) atoms. The van der Waals surface area contributed by atoms with Gasteiger partial charge in [0.15, 0.2) is 14.6 Å². The standard InChI is InChI=1S/C25H20N2O4S2/c1-3-14-27-19-13-12-16(33(2,29)30)15-22(19)32-25(27)26-24(28)23-17-8-4-6-10-20(17)31-21-11-7-5-9-18(21)23/h3-13,15,23H,1,14H2,2H3. The van der Waals surface area contributed by atoms with Gasteiger partial charge in [0, 0.05) is 23.9 Å². The number of benzene rings is 3.